The second-order valence-corrected chi connectivity index (χ2v) is 9.62. The van der Waals surface area contributed by atoms with Crippen molar-refractivity contribution in [3.8, 4) is 16.3 Å². The first-order valence-electron chi connectivity index (χ1n) is 10.2. The molecule has 0 saturated carbocycles. The molecule has 33 heavy (non-hydrogen) atoms. The highest BCUT2D eigenvalue weighted by Crippen LogP contribution is 2.34. The van der Waals surface area contributed by atoms with E-state index >= 15 is 0 Å². The van der Waals surface area contributed by atoms with Gasteiger partial charge in [0.15, 0.2) is 11.4 Å². The van der Waals surface area contributed by atoms with Crippen LogP contribution in [-0.4, -0.2) is 64.0 Å². The number of rotatable bonds is 4. The summed E-state index contributed by atoms with van der Waals surface area (Å²) >= 11 is 1.25. The SMILES string of the molecule is CN(C)C(=O)[C@]1(C)CN(C)C(=O)c2c(O)c(=O)c(-c3ncc(Cc4ccc(F)cc4)s3)cn21. The van der Waals surface area contributed by atoms with Crippen molar-refractivity contribution in [1.82, 2.24) is 19.4 Å². The lowest BCUT2D eigenvalue weighted by molar-refractivity contribution is -0.138. The van der Waals surface area contributed by atoms with E-state index in [4.69, 9.17) is 0 Å². The zero-order valence-corrected chi connectivity index (χ0v) is 19.4. The summed E-state index contributed by atoms with van der Waals surface area (Å²) in [6.07, 6.45) is 3.55. The third kappa shape index (κ3) is 3.80. The van der Waals surface area contributed by atoms with Crippen LogP contribution in [0.25, 0.3) is 10.6 Å². The van der Waals surface area contributed by atoms with Crippen molar-refractivity contribution >= 4 is 23.2 Å². The van der Waals surface area contributed by atoms with Crippen molar-refractivity contribution < 1.29 is 19.1 Å². The number of pyridine rings is 1. The van der Waals surface area contributed by atoms with Gasteiger partial charge in [-0.2, -0.15) is 0 Å². The maximum Gasteiger partial charge on any atom is 0.274 e. The number of amides is 2. The van der Waals surface area contributed by atoms with Gasteiger partial charge in [0.2, 0.25) is 11.3 Å². The van der Waals surface area contributed by atoms with Crippen LogP contribution in [0.2, 0.25) is 0 Å². The minimum absolute atomic E-state index is 0.0747. The Labute approximate surface area is 193 Å². The summed E-state index contributed by atoms with van der Waals surface area (Å²) in [5.41, 5.74) is -1.20. The number of aromatic nitrogens is 2. The summed E-state index contributed by atoms with van der Waals surface area (Å²) in [5.74, 6) is -1.86. The van der Waals surface area contributed by atoms with Crippen LogP contribution in [0.5, 0.6) is 5.75 Å². The molecule has 3 aromatic rings. The fraction of sp³-hybridized carbons (Fsp3) is 0.304. The summed E-state index contributed by atoms with van der Waals surface area (Å²) in [6.45, 7) is 1.74. The highest BCUT2D eigenvalue weighted by atomic mass is 32.1. The smallest absolute Gasteiger partial charge is 0.274 e. The largest absolute Gasteiger partial charge is 0.503 e. The molecule has 1 atom stereocenters. The van der Waals surface area contributed by atoms with Crippen molar-refractivity contribution in [3.63, 3.8) is 0 Å². The molecule has 0 saturated heterocycles. The maximum atomic E-state index is 13.2. The van der Waals surface area contributed by atoms with E-state index in [2.05, 4.69) is 4.98 Å². The van der Waals surface area contributed by atoms with Gasteiger partial charge in [-0.15, -0.1) is 11.3 Å². The molecular formula is C23H23FN4O4S. The lowest BCUT2D eigenvalue weighted by atomic mass is 9.94. The second-order valence-electron chi connectivity index (χ2n) is 8.51. The Morgan fingerprint density at radius 1 is 1.27 bits per heavy atom. The van der Waals surface area contributed by atoms with E-state index < -0.39 is 22.6 Å². The van der Waals surface area contributed by atoms with Gasteiger partial charge in [-0.05, 0) is 24.6 Å². The summed E-state index contributed by atoms with van der Waals surface area (Å²) in [6, 6.07) is 6.10. The Morgan fingerprint density at radius 3 is 2.58 bits per heavy atom. The molecule has 2 aromatic heterocycles. The third-order valence-electron chi connectivity index (χ3n) is 5.75. The van der Waals surface area contributed by atoms with E-state index in [0.29, 0.717) is 11.4 Å². The first-order chi connectivity index (χ1) is 15.5. The number of hydrogen-bond donors (Lipinski definition) is 1. The number of thiazole rings is 1. The molecule has 0 spiro atoms. The number of fused-ring (bicyclic) bond motifs is 1. The molecule has 0 aliphatic carbocycles. The summed E-state index contributed by atoms with van der Waals surface area (Å²) in [7, 11) is 4.73. The number of halogens is 1. The molecule has 8 nitrogen and oxygen atoms in total. The lowest BCUT2D eigenvalue weighted by Crippen LogP contribution is -2.58. The second kappa shape index (κ2) is 8.11. The molecule has 1 aromatic carbocycles. The van der Waals surface area contributed by atoms with Crippen LogP contribution >= 0.6 is 11.3 Å². The zero-order chi connectivity index (χ0) is 24.1. The molecule has 3 heterocycles. The van der Waals surface area contributed by atoms with Crippen molar-refractivity contribution in [2.75, 3.05) is 27.7 Å². The van der Waals surface area contributed by atoms with Gasteiger partial charge in [0.25, 0.3) is 5.91 Å². The molecule has 0 unspecified atom stereocenters. The molecule has 1 N–H and O–H groups in total. The first kappa shape index (κ1) is 22.7. The third-order valence-corrected chi connectivity index (χ3v) is 6.78. The zero-order valence-electron chi connectivity index (χ0n) is 18.6. The maximum absolute atomic E-state index is 13.2. The predicted molar refractivity (Wildman–Crippen MR) is 122 cm³/mol. The predicted octanol–water partition coefficient (Wildman–Crippen LogP) is 2.30. The molecule has 4 rings (SSSR count). The summed E-state index contributed by atoms with van der Waals surface area (Å²) in [4.78, 5) is 46.8. The summed E-state index contributed by atoms with van der Waals surface area (Å²) < 4.78 is 14.6. The van der Waals surface area contributed by atoms with Gasteiger partial charge in [0.1, 0.15) is 16.4 Å². The molecule has 0 fully saturated rings. The van der Waals surface area contributed by atoms with E-state index in [1.165, 1.54) is 51.1 Å². The van der Waals surface area contributed by atoms with Crippen molar-refractivity contribution in [2.24, 2.45) is 0 Å². The number of hydrogen-bond acceptors (Lipinski definition) is 6. The Bertz CT molecular complexity index is 1310. The number of likely N-dealkylation sites (N-methyl/N-ethyl adjacent to an activating group) is 2. The van der Waals surface area contributed by atoms with Crippen LogP contribution in [0.15, 0.2) is 41.5 Å². The normalized spacial score (nSPS) is 17.7. The number of aromatic hydroxyl groups is 1. The summed E-state index contributed by atoms with van der Waals surface area (Å²) in [5, 5.41) is 11.1. The average Bonchev–Trinajstić information content (AvgIpc) is 3.23. The van der Waals surface area contributed by atoms with Crippen LogP contribution in [0, 0.1) is 5.82 Å². The van der Waals surface area contributed by atoms with Gasteiger partial charge in [-0.25, -0.2) is 9.37 Å². The Morgan fingerprint density at radius 2 is 1.94 bits per heavy atom. The van der Waals surface area contributed by atoms with Crippen molar-refractivity contribution in [1.29, 1.82) is 0 Å². The van der Waals surface area contributed by atoms with E-state index in [1.54, 1.807) is 39.3 Å². The fourth-order valence-corrected chi connectivity index (χ4v) is 5.06. The van der Waals surface area contributed by atoms with Gasteiger partial charge in [-0.1, -0.05) is 12.1 Å². The first-order valence-corrected chi connectivity index (χ1v) is 11.0. The number of carbonyl (C=O) groups excluding carboxylic acids is 2. The topological polar surface area (TPSA) is 95.7 Å². The number of carbonyl (C=O) groups is 2. The molecule has 1 aliphatic heterocycles. The number of nitrogens with zero attached hydrogens (tertiary/aromatic N) is 4. The minimum Gasteiger partial charge on any atom is -0.503 e. The van der Waals surface area contributed by atoms with E-state index in [-0.39, 0.29) is 29.5 Å². The van der Waals surface area contributed by atoms with Gasteiger partial charge >= 0.3 is 0 Å². The average molecular weight is 471 g/mol. The highest BCUT2D eigenvalue weighted by Gasteiger charge is 2.46. The van der Waals surface area contributed by atoms with Crippen LogP contribution in [0.4, 0.5) is 4.39 Å². The van der Waals surface area contributed by atoms with Crippen LogP contribution in [0.1, 0.15) is 27.9 Å². The van der Waals surface area contributed by atoms with E-state index in [1.807, 2.05) is 0 Å². The Balaban J connectivity index is 1.82. The molecule has 0 bridgehead atoms. The quantitative estimate of drug-likeness (QED) is 0.631. The molecule has 10 heteroatoms. The van der Waals surface area contributed by atoms with Crippen LogP contribution in [-0.2, 0) is 16.8 Å². The Kier molecular flexibility index (Phi) is 5.57. The fourth-order valence-electron chi connectivity index (χ4n) is 4.11. The van der Waals surface area contributed by atoms with Gasteiger partial charge in [0.05, 0.1) is 12.1 Å². The van der Waals surface area contributed by atoms with E-state index in [0.717, 1.165) is 10.4 Å². The minimum atomic E-state index is -1.23. The van der Waals surface area contributed by atoms with Crippen LogP contribution in [0.3, 0.4) is 0 Å². The standard InChI is InChI=1S/C23H23FN4O4S/c1-23(22(32)26(2)3)12-27(4)21(31)17-19(30)18(29)16(11-28(17)23)20-25-10-15(33-20)9-13-5-7-14(24)8-6-13/h5-8,10-11,30H,9,12H2,1-4H3/t23-/m0/s1. The van der Waals surface area contributed by atoms with Gasteiger partial charge < -0.3 is 19.5 Å². The molecule has 2 amide bonds. The van der Waals surface area contributed by atoms with Crippen molar-refractivity contribution in [3.05, 3.63) is 68.8 Å². The van der Waals surface area contributed by atoms with Crippen LogP contribution < -0.4 is 5.43 Å². The van der Waals surface area contributed by atoms with Gasteiger partial charge in [0, 0.05) is 44.8 Å². The molecule has 0 radical (unpaired) electrons. The van der Waals surface area contributed by atoms with Crippen molar-refractivity contribution in [2.45, 2.75) is 18.9 Å². The Hall–Kier alpha value is -3.53. The van der Waals surface area contributed by atoms with Gasteiger partial charge in [-0.3, -0.25) is 14.4 Å². The molecule has 172 valence electrons. The van der Waals surface area contributed by atoms with E-state index in [9.17, 15) is 23.9 Å². The lowest BCUT2D eigenvalue weighted by Gasteiger charge is -2.42. The highest BCUT2D eigenvalue weighted by molar-refractivity contribution is 7.15. The molecular weight excluding hydrogens is 447 g/mol. The number of benzene rings is 1. The molecule has 1 aliphatic rings. The monoisotopic (exact) mass is 470 g/mol.